The second kappa shape index (κ2) is 5.61. The highest BCUT2D eigenvalue weighted by atomic mass is 19.3. The van der Waals surface area contributed by atoms with Crippen LogP contribution in [0.25, 0.3) is 0 Å². The number of alkyl halides is 2. The molecule has 0 atom stereocenters. The van der Waals surface area contributed by atoms with E-state index in [9.17, 15) is 8.78 Å². The van der Waals surface area contributed by atoms with Crippen molar-refractivity contribution in [3.63, 3.8) is 0 Å². The van der Waals surface area contributed by atoms with Gasteiger partial charge in [0.15, 0.2) is 0 Å². The van der Waals surface area contributed by atoms with Crippen LogP contribution in [0.3, 0.4) is 0 Å². The van der Waals surface area contributed by atoms with E-state index >= 15 is 0 Å². The molecule has 1 saturated heterocycles. The fourth-order valence-corrected chi connectivity index (χ4v) is 1.75. The molecule has 0 unspecified atom stereocenters. The van der Waals surface area contributed by atoms with E-state index in [0.717, 1.165) is 26.2 Å². The van der Waals surface area contributed by atoms with Crippen LogP contribution < -0.4 is 5.32 Å². The average Bonchev–Trinajstić information content (AvgIpc) is 2.17. The van der Waals surface area contributed by atoms with Gasteiger partial charge >= 0.3 is 0 Å². The van der Waals surface area contributed by atoms with Gasteiger partial charge < -0.3 is 10.2 Å². The molecular formula is C10H20F2N2. The molecule has 0 radical (unpaired) electrons. The summed E-state index contributed by atoms with van der Waals surface area (Å²) in [4.78, 5) is 2.11. The minimum atomic E-state index is -2.46. The second-order valence-corrected chi connectivity index (χ2v) is 3.95. The van der Waals surface area contributed by atoms with Gasteiger partial charge in [0.05, 0.1) is 0 Å². The van der Waals surface area contributed by atoms with Crippen LogP contribution in [-0.4, -0.2) is 43.5 Å². The zero-order valence-electron chi connectivity index (χ0n) is 8.86. The summed E-state index contributed by atoms with van der Waals surface area (Å²) in [6, 6.07) is 0. The van der Waals surface area contributed by atoms with Crippen molar-refractivity contribution in [3.05, 3.63) is 0 Å². The zero-order valence-corrected chi connectivity index (χ0v) is 8.86. The highest BCUT2D eigenvalue weighted by molar-refractivity contribution is 4.72. The summed E-state index contributed by atoms with van der Waals surface area (Å²) in [6.45, 7) is 6.01. The van der Waals surface area contributed by atoms with Gasteiger partial charge in [-0.1, -0.05) is 13.3 Å². The lowest BCUT2D eigenvalue weighted by Crippen LogP contribution is -2.44. The summed E-state index contributed by atoms with van der Waals surface area (Å²) in [6.07, 6.45) is 0.606. The first kappa shape index (κ1) is 11.9. The molecule has 0 bridgehead atoms. The van der Waals surface area contributed by atoms with Crippen LogP contribution in [0.2, 0.25) is 0 Å². The molecule has 0 aromatic carbocycles. The Morgan fingerprint density at radius 3 is 2.43 bits per heavy atom. The predicted molar refractivity (Wildman–Crippen MR) is 53.8 cm³/mol. The van der Waals surface area contributed by atoms with E-state index in [-0.39, 0.29) is 12.8 Å². The first-order chi connectivity index (χ1) is 6.64. The molecule has 2 nitrogen and oxygen atoms in total. The molecule has 0 aliphatic carbocycles. The van der Waals surface area contributed by atoms with Gasteiger partial charge in [0, 0.05) is 45.6 Å². The highest BCUT2D eigenvalue weighted by Crippen LogP contribution is 2.24. The maximum Gasteiger partial charge on any atom is 0.249 e. The molecule has 0 spiro atoms. The van der Waals surface area contributed by atoms with Crippen LogP contribution in [0.15, 0.2) is 0 Å². The molecular weight excluding hydrogens is 186 g/mol. The van der Waals surface area contributed by atoms with Crippen molar-refractivity contribution in [2.24, 2.45) is 0 Å². The lowest BCUT2D eigenvalue weighted by atomic mass is 10.1. The van der Waals surface area contributed by atoms with Crippen LogP contribution >= 0.6 is 0 Å². The van der Waals surface area contributed by atoms with Gasteiger partial charge in [-0.3, -0.25) is 0 Å². The van der Waals surface area contributed by atoms with Crippen LogP contribution in [0.5, 0.6) is 0 Å². The van der Waals surface area contributed by atoms with E-state index in [1.54, 1.807) is 6.92 Å². The first-order valence-electron chi connectivity index (χ1n) is 5.45. The Labute approximate surface area is 84.7 Å². The zero-order chi connectivity index (χ0) is 10.4. The fraction of sp³-hybridized carbons (Fsp3) is 1.00. The van der Waals surface area contributed by atoms with Gasteiger partial charge in [-0.05, 0) is 0 Å². The van der Waals surface area contributed by atoms with E-state index in [4.69, 9.17) is 0 Å². The Kier molecular flexibility index (Phi) is 4.75. The maximum atomic E-state index is 13.1. The molecule has 0 aromatic heterocycles. The molecule has 1 rings (SSSR count). The smallest absolute Gasteiger partial charge is 0.249 e. The number of nitrogens with one attached hydrogen (secondary N) is 1. The van der Waals surface area contributed by atoms with Crippen LogP contribution in [0.1, 0.15) is 26.2 Å². The number of hydrogen-bond acceptors (Lipinski definition) is 2. The summed E-state index contributed by atoms with van der Waals surface area (Å²) >= 11 is 0. The molecule has 1 heterocycles. The van der Waals surface area contributed by atoms with Crippen molar-refractivity contribution in [2.45, 2.75) is 32.1 Å². The van der Waals surface area contributed by atoms with Crippen molar-refractivity contribution < 1.29 is 8.78 Å². The Balaban J connectivity index is 2.17. The molecule has 0 saturated carbocycles. The Bertz CT molecular complexity index is 156. The molecule has 1 fully saturated rings. The van der Waals surface area contributed by atoms with Crippen molar-refractivity contribution in [3.8, 4) is 0 Å². The van der Waals surface area contributed by atoms with Gasteiger partial charge in [0.1, 0.15) is 0 Å². The largest absolute Gasteiger partial charge is 0.314 e. The van der Waals surface area contributed by atoms with Crippen molar-refractivity contribution in [1.82, 2.24) is 10.2 Å². The third-order valence-electron chi connectivity index (χ3n) is 2.62. The highest BCUT2D eigenvalue weighted by Gasteiger charge is 2.28. The number of nitrogens with zero attached hydrogens (tertiary/aromatic N) is 1. The molecule has 0 aromatic rings. The molecule has 1 N–H and O–H groups in total. The standard InChI is InChI=1S/C10H20F2N2/c1-2-3-10(11,12)4-7-14-8-5-13-6-9-14/h13H,2-9H2,1H3. The monoisotopic (exact) mass is 206 g/mol. The Morgan fingerprint density at radius 2 is 1.86 bits per heavy atom. The van der Waals surface area contributed by atoms with Crippen LogP contribution in [-0.2, 0) is 0 Å². The van der Waals surface area contributed by atoms with E-state index in [2.05, 4.69) is 10.2 Å². The summed E-state index contributed by atoms with van der Waals surface area (Å²) in [5.41, 5.74) is 0. The quantitative estimate of drug-likeness (QED) is 0.736. The summed E-state index contributed by atoms with van der Waals surface area (Å²) in [5, 5.41) is 3.21. The maximum absolute atomic E-state index is 13.1. The van der Waals surface area contributed by atoms with Gasteiger partial charge in [-0.25, -0.2) is 8.78 Å². The fourth-order valence-electron chi connectivity index (χ4n) is 1.75. The van der Waals surface area contributed by atoms with Gasteiger partial charge in [0.2, 0.25) is 5.92 Å². The lowest BCUT2D eigenvalue weighted by molar-refractivity contribution is -0.0252. The number of rotatable bonds is 5. The third kappa shape index (κ3) is 4.33. The Hall–Kier alpha value is -0.220. The van der Waals surface area contributed by atoms with Crippen molar-refractivity contribution >= 4 is 0 Å². The number of piperazine rings is 1. The van der Waals surface area contributed by atoms with E-state index in [0.29, 0.717) is 13.0 Å². The topological polar surface area (TPSA) is 15.3 Å². The second-order valence-electron chi connectivity index (χ2n) is 3.95. The number of halogens is 2. The summed E-state index contributed by atoms with van der Waals surface area (Å²) < 4.78 is 26.3. The molecule has 1 aliphatic heterocycles. The number of hydrogen-bond donors (Lipinski definition) is 1. The summed E-state index contributed by atoms with van der Waals surface area (Å²) in [7, 11) is 0. The first-order valence-corrected chi connectivity index (χ1v) is 5.45. The van der Waals surface area contributed by atoms with Gasteiger partial charge in [0.25, 0.3) is 0 Å². The van der Waals surface area contributed by atoms with E-state index < -0.39 is 5.92 Å². The van der Waals surface area contributed by atoms with E-state index in [1.807, 2.05) is 0 Å². The minimum Gasteiger partial charge on any atom is -0.314 e. The minimum absolute atomic E-state index is 0.0147. The van der Waals surface area contributed by atoms with E-state index in [1.165, 1.54) is 0 Å². The third-order valence-corrected chi connectivity index (χ3v) is 2.62. The van der Waals surface area contributed by atoms with Crippen LogP contribution in [0.4, 0.5) is 8.78 Å². The molecule has 84 valence electrons. The SMILES string of the molecule is CCCC(F)(F)CCN1CCNCC1. The van der Waals surface area contributed by atoms with Crippen molar-refractivity contribution in [2.75, 3.05) is 32.7 Å². The normalized spacial score (nSPS) is 19.9. The average molecular weight is 206 g/mol. The predicted octanol–water partition coefficient (Wildman–Crippen LogP) is 1.72. The molecule has 0 amide bonds. The molecule has 1 aliphatic rings. The lowest BCUT2D eigenvalue weighted by Gasteiger charge is -2.28. The Morgan fingerprint density at radius 1 is 1.21 bits per heavy atom. The van der Waals surface area contributed by atoms with Gasteiger partial charge in [-0.2, -0.15) is 0 Å². The van der Waals surface area contributed by atoms with Crippen LogP contribution in [0, 0.1) is 0 Å². The summed E-state index contributed by atoms with van der Waals surface area (Å²) in [5.74, 6) is -2.46. The molecule has 14 heavy (non-hydrogen) atoms. The van der Waals surface area contributed by atoms with Gasteiger partial charge in [-0.15, -0.1) is 0 Å². The van der Waals surface area contributed by atoms with Crippen molar-refractivity contribution in [1.29, 1.82) is 0 Å². The molecule has 4 heteroatoms.